The predicted octanol–water partition coefficient (Wildman–Crippen LogP) is 2.62. The highest BCUT2D eigenvalue weighted by molar-refractivity contribution is 5.79. The molecule has 0 bridgehead atoms. The van der Waals surface area contributed by atoms with Crippen molar-refractivity contribution in [3.8, 4) is 0 Å². The Bertz CT molecular complexity index is 602. The summed E-state index contributed by atoms with van der Waals surface area (Å²) >= 11 is 0. The molecule has 0 saturated carbocycles. The molecule has 4 nitrogen and oxygen atoms in total. The fourth-order valence-corrected chi connectivity index (χ4v) is 2.52. The van der Waals surface area contributed by atoms with Gasteiger partial charge in [0.1, 0.15) is 17.4 Å². The van der Waals surface area contributed by atoms with Crippen molar-refractivity contribution < 1.29 is 14.3 Å². The molecular weight excluding hydrogens is 230 g/mol. The molecule has 1 fully saturated rings. The van der Waals surface area contributed by atoms with Crippen LogP contribution in [0.3, 0.4) is 0 Å². The Morgan fingerprint density at radius 3 is 2.94 bits per heavy atom. The molecule has 0 amide bonds. The van der Waals surface area contributed by atoms with Gasteiger partial charge in [0.05, 0.1) is 6.04 Å². The van der Waals surface area contributed by atoms with Crippen molar-refractivity contribution in [2.24, 2.45) is 0 Å². The van der Waals surface area contributed by atoms with Gasteiger partial charge in [-0.2, -0.15) is 0 Å². The van der Waals surface area contributed by atoms with Crippen LogP contribution in [0, 0.1) is 6.92 Å². The molecule has 0 aliphatic carbocycles. The first-order valence-electron chi connectivity index (χ1n) is 6.12. The highest BCUT2D eigenvalue weighted by Gasteiger charge is 2.31. The average Bonchev–Trinajstić information content (AvgIpc) is 2.93. The summed E-state index contributed by atoms with van der Waals surface area (Å²) in [6.45, 7) is 2.04. The van der Waals surface area contributed by atoms with Crippen LogP contribution in [0.15, 0.2) is 28.7 Å². The van der Waals surface area contributed by atoms with E-state index in [0.717, 1.165) is 23.2 Å². The largest absolute Gasteiger partial charge is 0.480 e. The lowest BCUT2D eigenvalue weighted by molar-refractivity contribution is -0.139. The van der Waals surface area contributed by atoms with Gasteiger partial charge in [-0.15, -0.1) is 0 Å². The Hall–Kier alpha value is -1.81. The van der Waals surface area contributed by atoms with Crippen molar-refractivity contribution >= 4 is 16.9 Å². The maximum atomic E-state index is 10.9. The molecule has 3 rings (SSSR count). The monoisotopic (exact) mass is 245 g/mol. The number of benzene rings is 1. The van der Waals surface area contributed by atoms with E-state index in [1.807, 2.05) is 25.1 Å². The molecule has 2 N–H and O–H groups in total. The molecule has 1 aromatic carbocycles. The Kier molecular flexibility index (Phi) is 2.59. The van der Waals surface area contributed by atoms with Crippen LogP contribution in [0.5, 0.6) is 0 Å². The summed E-state index contributed by atoms with van der Waals surface area (Å²) in [6.07, 6.45) is 1.45. The van der Waals surface area contributed by atoms with Crippen LogP contribution in [0.25, 0.3) is 11.0 Å². The normalized spacial score (nSPS) is 23.6. The van der Waals surface area contributed by atoms with E-state index in [4.69, 9.17) is 9.52 Å². The maximum absolute atomic E-state index is 10.9. The minimum Gasteiger partial charge on any atom is -0.480 e. The number of carboxylic acid groups (broad SMARTS) is 1. The van der Waals surface area contributed by atoms with E-state index in [1.165, 1.54) is 5.56 Å². The molecule has 18 heavy (non-hydrogen) atoms. The molecule has 0 radical (unpaired) electrons. The Morgan fingerprint density at radius 2 is 2.22 bits per heavy atom. The van der Waals surface area contributed by atoms with E-state index < -0.39 is 12.0 Å². The summed E-state index contributed by atoms with van der Waals surface area (Å²) in [7, 11) is 0. The zero-order valence-electron chi connectivity index (χ0n) is 10.1. The Balaban J connectivity index is 1.89. The van der Waals surface area contributed by atoms with Crippen molar-refractivity contribution in [3.05, 3.63) is 35.6 Å². The molecule has 2 aromatic rings. The standard InChI is InChI=1S/C14H15NO3/c1-8-2-5-12-9(6-8)7-13(18-12)10-3-4-11(15-10)14(16)17/h2,5-7,10-11,15H,3-4H2,1H3,(H,16,17). The third kappa shape index (κ3) is 1.88. The zero-order valence-corrected chi connectivity index (χ0v) is 10.1. The van der Waals surface area contributed by atoms with E-state index >= 15 is 0 Å². The summed E-state index contributed by atoms with van der Waals surface area (Å²) in [6, 6.07) is 7.61. The molecule has 1 aromatic heterocycles. The highest BCUT2D eigenvalue weighted by Crippen LogP contribution is 2.31. The summed E-state index contributed by atoms with van der Waals surface area (Å²) in [5, 5.41) is 13.1. The predicted molar refractivity (Wildman–Crippen MR) is 67.5 cm³/mol. The smallest absolute Gasteiger partial charge is 0.320 e. The third-order valence-electron chi connectivity index (χ3n) is 3.48. The van der Waals surface area contributed by atoms with Crippen molar-refractivity contribution in [2.45, 2.75) is 31.8 Å². The van der Waals surface area contributed by atoms with Crippen LogP contribution in [0.1, 0.15) is 30.2 Å². The molecule has 4 heteroatoms. The highest BCUT2D eigenvalue weighted by atomic mass is 16.4. The van der Waals surface area contributed by atoms with Gasteiger partial charge in [-0.05, 0) is 38.0 Å². The molecule has 1 aliphatic heterocycles. The number of aliphatic carboxylic acids is 1. The number of aryl methyl sites for hydroxylation is 1. The van der Waals surface area contributed by atoms with Crippen LogP contribution in [0.4, 0.5) is 0 Å². The number of hydrogen-bond acceptors (Lipinski definition) is 3. The van der Waals surface area contributed by atoms with Crippen molar-refractivity contribution in [1.29, 1.82) is 0 Å². The number of fused-ring (bicyclic) bond motifs is 1. The second kappa shape index (κ2) is 4.14. The van der Waals surface area contributed by atoms with Crippen LogP contribution >= 0.6 is 0 Å². The molecule has 1 aliphatic rings. The number of rotatable bonds is 2. The molecule has 94 valence electrons. The van der Waals surface area contributed by atoms with Gasteiger partial charge in [0, 0.05) is 5.39 Å². The molecule has 0 spiro atoms. The van der Waals surface area contributed by atoms with Gasteiger partial charge < -0.3 is 9.52 Å². The first-order valence-corrected chi connectivity index (χ1v) is 6.12. The van der Waals surface area contributed by atoms with Gasteiger partial charge in [-0.3, -0.25) is 10.1 Å². The van der Waals surface area contributed by atoms with E-state index in [2.05, 4.69) is 11.4 Å². The second-order valence-corrected chi connectivity index (χ2v) is 4.88. The Labute approximate surface area is 105 Å². The fraction of sp³-hybridized carbons (Fsp3) is 0.357. The van der Waals surface area contributed by atoms with Crippen LogP contribution < -0.4 is 5.32 Å². The van der Waals surface area contributed by atoms with Gasteiger partial charge in [0.25, 0.3) is 0 Å². The zero-order chi connectivity index (χ0) is 12.7. The third-order valence-corrected chi connectivity index (χ3v) is 3.48. The lowest BCUT2D eigenvalue weighted by atomic mass is 10.1. The lowest BCUT2D eigenvalue weighted by Gasteiger charge is -2.08. The lowest BCUT2D eigenvalue weighted by Crippen LogP contribution is -2.31. The summed E-state index contributed by atoms with van der Waals surface area (Å²) < 4.78 is 5.78. The van der Waals surface area contributed by atoms with Crippen LogP contribution in [-0.4, -0.2) is 17.1 Å². The number of carbonyl (C=O) groups is 1. The van der Waals surface area contributed by atoms with E-state index in [1.54, 1.807) is 0 Å². The number of hydrogen-bond donors (Lipinski definition) is 2. The van der Waals surface area contributed by atoms with Gasteiger partial charge in [0.2, 0.25) is 0 Å². The first-order chi connectivity index (χ1) is 8.63. The molecule has 1 saturated heterocycles. The summed E-state index contributed by atoms with van der Waals surface area (Å²) in [5.41, 5.74) is 2.05. The average molecular weight is 245 g/mol. The van der Waals surface area contributed by atoms with Crippen molar-refractivity contribution in [2.75, 3.05) is 0 Å². The maximum Gasteiger partial charge on any atom is 0.320 e. The van der Waals surface area contributed by atoms with E-state index in [0.29, 0.717) is 6.42 Å². The first kappa shape index (κ1) is 11.3. The van der Waals surface area contributed by atoms with Crippen molar-refractivity contribution in [3.63, 3.8) is 0 Å². The van der Waals surface area contributed by atoms with Crippen LogP contribution in [-0.2, 0) is 4.79 Å². The summed E-state index contributed by atoms with van der Waals surface area (Å²) in [5.74, 6) is 0.0452. The molecular formula is C14H15NO3. The summed E-state index contributed by atoms with van der Waals surface area (Å²) in [4.78, 5) is 10.9. The topological polar surface area (TPSA) is 62.5 Å². The molecule has 2 atom stereocenters. The Morgan fingerprint density at radius 1 is 1.39 bits per heavy atom. The van der Waals surface area contributed by atoms with Gasteiger partial charge in [-0.25, -0.2) is 0 Å². The van der Waals surface area contributed by atoms with Gasteiger partial charge >= 0.3 is 5.97 Å². The SMILES string of the molecule is Cc1ccc2oc(C3CCC(C(=O)O)N3)cc2c1. The minimum absolute atomic E-state index is 0.0128. The van der Waals surface area contributed by atoms with E-state index in [-0.39, 0.29) is 6.04 Å². The van der Waals surface area contributed by atoms with Gasteiger partial charge in [0.15, 0.2) is 0 Å². The number of furan rings is 1. The van der Waals surface area contributed by atoms with Gasteiger partial charge in [-0.1, -0.05) is 11.6 Å². The second-order valence-electron chi connectivity index (χ2n) is 4.88. The minimum atomic E-state index is -0.788. The fourth-order valence-electron chi connectivity index (χ4n) is 2.52. The number of nitrogens with one attached hydrogen (secondary N) is 1. The quantitative estimate of drug-likeness (QED) is 0.853. The number of carboxylic acids is 1. The molecule has 2 unspecified atom stereocenters. The van der Waals surface area contributed by atoms with Crippen LogP contribution in [0.2, 0.25) is 0 Å². The molecule has 2 heterocycles. The van der Waals surface area contributed by atoms with Crippen molar-refractivity contribution in [1.82, 2.24) is 5.32 Å². The van der Waals surface area contributed by atoms with E-state index in [9.17, 15) is 4.79 Å².